The minimum atomic E-state index is -4.51. The molecule has 118 valence electrons. The Balaban J connectivity index is 2.38. The van der Waals surface area contributed by atoms with Crippen molar-refractivity contribution in [3.63, 3.8) is 0 Å². The lowest BCUT2D eigenvalue weighted by atomic mass is 10.2. The van der Waals surface area contributed by atoms with Crippen molar-refractivity contribution in [2.24, 2.45) is 0 Å². The summed E-state index contributed by atoms with van der Waals surface area (Å²) in [4.78, 5) is -0.226. The molecule has 0 spiro atoms. The quantitative estimate of drug-likeness (QED) is 0.749. The Morgan fingerprint density at radius 1 is 1.14 bits per heavy atom. The average molecular weight is 396 g/mol. The van der Waals surface area contributed by atoms with Crippen LogP contribution in [-0.4, -0.2) is 15.5 Å². The number of aromatic nitrogens is 1. The predicted octanol–water partition coefficient (Wildman–Crippen LogP) is 2.71. The van der Waals surface area contributed by atoms with E-state index in [2.05, 4.69) is 15.9 Å². The highest BCUT2D eigenvalue weighted by atomic mass is 79.9. The zero-order chi connectivity index (χ0) is 16.5. The second-order valence-corrected chi connectivity index (χ2v) is 7.23. The Labute approximate surface area is 134 Å². The molecule has 9 heteroatoms. The largest absolute Gasteiger partial charge is 0.416 e. The van der Waals surface area contributed by atoms with Crippen LogP contribution in [0.5, 0.6) is 0 Å². The maximum atomic E-state index is 12.5. The lowest BCUT2D eigenvalue weighted by Crippen LogP contribution is -2.57. The molecular weight excluding hydrogens is 385 g/mol. The van der Waals surface area contributed by atoms with Gasteiger partial charge in [-0.1, -0.05) is 9.09 Å². The number of rotatable bonds is 3. The molecule has 1 aromatic carbocycles. The van der Waals surface area contributed by atoms with E-state index in [0.717, 1.165) is 28.7 Å². The third-order valence-corrected chi connectivity index (χ3v) is 5.12. The molecule has 0 bridgehead atoms. The van der Waals surface area contributed by atoms with E-state index in [1.165, 1.54) is 24.1 Å². The van der Waals surface area contributed by atoms with Gasteiger partial charge >= 0.3 is 16.2 Å². The molecule has 0 radical (unpaired) electrons. The first kappa shape index (κ1) is 16.8. The summed E-state index contributed by atoms with van der Waals surface area (Å²) < 4.78 is 65.3. The second kappa shape index (κ2) is 5.88. The number of hydrogen-bond acceptors (Lipinski definition) is 2. The monoisotopic (exact) mass is 395 g/mol. The van der Waals surface area contributed by atoms with Crippen LogP contribution < -0.4 is 9.09 Å². The van der Waals surface area contributed by atoms with E-state index < -0.39 is 21.8 Å². The number of pyridine rings is 1. The topological polar surface area (TPSA) is 41.3 Å². The fourth-order valence-electron chi connectivity index (χ4n) is 1.70. The lowest BCUT2D eigenvalue weighted by molar-refractivity contribution is -0.674. The number of benzene rings is 1. The molecule has 0 saturated heterocycles. The molecule has 2 rings (SSSR count). The zero-order valence-electron chi connectivity index (χ0n) is 11.2. The molecule has 22 heavy (non-hydrogen) atoms. The normalized spacial score (nSPS) is 12.2. The van der Waals surface area contributed by atoms with E-state index in [4.69, 9.17) is 0 Å². The summed E-state index contributed by atoms with van der Waals surface area (Å²) in [5.74, 6) is 0. The third kappa shape index (κ3) is 3.41. The molecular formula is C13H11BrF3N2O2S+. The predicted molar refractivity (Wildman–Crippen MR) is 77.1 cm³/mol. The molecule has 2 aromatic rings. The Morgan fingerprint density at radius 2 is 1.73 bits per heavy atom. The molecule has 0 N–H and O–H groups in total. The van der Waals surface area contributed by atoms with Gasteiger partial charge in [0.2, 0.25) is 12.4 Å². The van der Waals surface area contributed by atoms with Crippen LogP contribution in [0.1, 0.15) is 5.56 Å². The Morgan fingerprint density at radius 3 is 2.23 bits per heavy atom. The van der Waals surface area contributed by atoms with Gasteiger partial charge in [-0.3, -0.25) is 0 Å². The van der Waals surface area contributed by atoms with E-state index in [9.17, 15) is 21.6 Å². The van der Waals surface area contributed by atoms with Gasteiger partial charge in [-0.25, -0.2) is 0 Å². The van der Waals surface area contributed by atoms with Crippen molar-refractivity contribution in [1.29, 1.82) is 0 Å². The molecule has 1 aromatic heterocycles. The van der Waals surface area contributed by atoms with E-state index in [0.29, 0.717) is 4.47 Å². The third-order valence-electron chi connectivity index (χ3n) is 2.90. The van der Waals surface area contributed by atoms with Gasteiger partial charge in [0.05, 0.1) is 22.0 Å². The molecule has 1 heterocycles. The van der Waals surface area contributed by atoms with Crippen molar-refractivity contribution in [2.45, 2.75) is 11.1 Å². The van der Waals surface area contributed by atoms with Crippen molar-refractivity contribution in [3.8, 4) is 0 Å². The van der Waals surface area contributed by atoms with Gasteiger partial charge in [0.1, 0.15) is 0 Å². The van der Waals surface area contributed by atoms with Crippen molar-refractivity contribution in [1.82, 2.24) is 0 Å². The van der Waals surface area contributed by atoms with Gasteiger partial charge in [0.15, 0.2) is 0 Å². The number of hydrogen-bond donors (Lipinski definition) is 0. The Bertz CT molecular complexity index is 777. The van der Waals surface area contributed by atoms with Gasteiger partial charge in [-0.15, -0.1) is 0 Å². The highest BCUT2D eigenvalue weighted by Gasteiger charge is 2.32. The van der Waals surface area contributed by atoms with Crippen LogP contribution in [0.2, 0.25) is 0 Å². The van der Waals surface area contributed by atoms with Crippen LogP contribution in [0.3, 0.4) is 0 Å². The minimum absolute atomic E-state index is 0.226. The standard InChI is InChI=1S/C13H11BrF3N2O2S/c1-18(19-8-2-3-11(14)9-19)22(20,21)12-6-4-10(5-7-12)13(15,16)17/h2-9H,1H3/q+1. The molecule has 0 aliphatic carbocycles. The highest BCUT2D eigenvalue weighted by Crippen LogP contribution is 2.29. The summed E-state index contributed by atoms with van der Waals surface area (Å²) >= 11 is 3.22. The SMILES string of the molecule is CN([n+]1cccc(Br)c1)S(=O)(=O)c1ccc(C(F)(F)F)cc1. The number of sulfonamides is 1. The second-order valence-electron chi connectivity index (χ2n) is 4.36. The smallest absolute Gasteiger partial charge is 0.196 e. The van der Waals surface area contributed by atoms with Crippen molar-refractivity contribution in [3.05, 3.63) is 58.8 Å². The van der Waals surface area contributed by atoms with Gasteiger partial charge in [0.25, 0.3) is 0 Å². The molecule has 0 amide bonds. The molecule has 0 aliphatic heterocycles. The number of halogens is 4. The fraction of sp³-hybridized carbons (Fsp3) is 0.154. The van der Waals surface area contributed by atoms with Crippen LogP contribution in [0.25, 0.3) is 0 Å². The summed E-state index contributed by atoms with van der Waals surface area (Å²) in [6.45, 7) is 0. The first-order chi connectivity index (χ1) is 10.1. The Kier molecular flexibility index (Phi) is 4.48. The van der Waals surface area contributed by atoms with Crippen molar-refractivity contribution < 1.29 is 26.3 Å². The lowest BCUT2D eigenvalue weighted by Gasteiger charge is -2.13. The van der Waals surface area contributed by atoms with Crippen LogP contribution >= 0.6 is 15.9 Å². The molecule has 0 unspecified atom stereocenters. The number of alkyl halides is 3. The highest BCUT2D eigenvalue weighted by molar-refractivity contribution is 9.10. The molecule has 0 fully saturated rings. The Hall–Kier alpha value is -1.61. The van der Waals surface area contributed by atoms with Crippen LogP contribution in [0.15, 0.2) is 58.2 Å². The van der Waals surface area contributed by atoms with Gasteiger partial charge < -0.3 is 0 Å². The van der Waals surface area contributed by atoms with E-state index >= 15 is 0 Å². The van der Waals surface area contributed by atoms with Crippen LogP contribution in [0.4, 0.5) is 13.2 Å². The minimum Gasteiger partial charge on any atom is -0.196 e. The van der Waals surface area contributed by atoms with Crippen molar-refractivity contribution >= 4 is 26.0 Å². The molecule has 0 atom stereocenters. The van der Waals surface area contributed by atoms with Gasteiger partial charge in [-0.2, -0.15) is 21.6 Å². The van der Waals surface area contributed by atoms with E-state index in [-0.39, 0.29) is 4.90 Å². The van der Waals surface area contributed by atoms with Gasteiger partial charge in [-0.05, 0) is 46.3 Å². The maximum Gasteiger partial charge on any atom is 0.416 e. The first-order valence-corrected chi connectivity index (χ1v) is 8.19. The first-order valence-electron chi connectivity index (χ1n) is 5.95. The molecule has 0 aliphatic rings. The fourth-order valence-corrected chi connectivity index (χ4v) is 3.20. The van der Waals surface area contributed by atoms with Crippen LogP contribution in [0, 0.1) is 0 Å². The van der Waals surface area contributed by atoms with Gasteiger partial charge in [0, 0.05) is 6.07 Å². The summed E-state index contributed by atoms with van der Waals surface area (Å²) in [6.07, 6.45) is -1.48. The van der Waals surface area contributed by atoms with E-state index in [1.54, 1.807) is 12.1 Å². The zero-order valence-corrected chi connectivity index (χ0v) is 13.7. The van der Waals surface area contributed by atoms with Crippen LogP contribution in [-0.2, 0) is 16.2 Å². The molecule has 4 nitrogen and oxygen atoms in total. The molecule has 0 saturated carbocycles. The summed E-state index contributed by atoms with van der Waals surface area (Å²) in [7, 11) is -2.66. The van der Waals surface area contributed by atoms with Crippen molar-refractivity contribution in [2.75, 3.05) is 11.5 Å². The van der Waals surface area contributed by atoms with E-state index in [1.807, 2.05) is 0 Å². The summed E-state index contributed by atoms with van der Waals surface area (Å²) in [6, 6.07) is 6.71. The summed E-state index contributed by atoms with van der Waals surface area (Å²) in [5.41, 5.74) is -0.899. The summed E-state index contributed by atoms with van der Waals surface area (Å²) in [5, 5.41) is 0. The maximum absolute atomic E-state index is 12.5. The average Bonchev–Trinajstić information content (AvgIpc) is 2.45. The number of nitrogens with zero attached hydrogens (tertiary/aromatic N) is 2.